The molecule has 0 aliphatic rings. The fourth-order valence-corrected chi connectivity index (χ4v) is 2.80. The largest absolute Gasteiger partial charge is 0.478 e. The van der Waals surface area contributed by atoms with Crippen LogP contribution in [0.25, 0.3) is 0 Å². The molecule has 0 radical (unpaired) electrons. The number of carbonyl (C=O) groups is 1. The van der Waals surface area contributed by atoms with Gasteiger partial charge < -0.3 is 5.11 Å². The second kappa shape index (κ2) is 6.32. The van der Waals surface area contributed by atoms with Gasteiger partial charge in [0.25, 0.3) is 0 Å². The van der Waals surface area contributed by atoms with Crippen LogP contribution < -0.4 is 0 Å². The highest BCUT2D eigenvalue weighted by atomic mass is 32.2. The average molecular weight is 303 g/mol. The molecule has 0 saturated carbocycles. The summed E-state index contributed by atoms with van der Waals surface area (Å²) < 4.78 is 39.2. The molecule has 1 aromatic rings. The number of carboxylic acid groups (broad SMARTS) is 1. The molecule has 20 heavy (non-hydrogen) atoms. The highest BCUT2D eigenvalue weighted by molar-refractivity contribution is 7.89. The Balaban J connectivity index is 3.06. The summed E-state index contributed by atoms with van der Waals surface area (Å²) in [5.74, 6) is -2.03. The van der Waals surface area contributed by atoms with Crippen LogP contribution in [-0.2, 0) is 10.0 Å². The summed E-state index contributed by atoms with van der Waals surface area (Å²) in [6, 6.07) is 2.78. The molecule has 0 fully saturated rings. The lowest BCUT2D eigenvalue weighted by molar-refractivity contribution is 0.0696. The van der Waals surface area contributed by atoms with Crippen LogP contribution in [0, 0.1) is 11.7 Å². The number of benzene rings is 1. The molecule has 112 valence electrons. The summed E-state index contributed by atoms with van der Waals surface area (Å²) in [5, 5.41) is 8.73. The van der Waals surface area contributed by atoms with Crippen molar-refractivity contribution in [1.82, 2.24) is 4.31 Å². The van der Waals surface area contributed by atoms with E-state index in [-0.39, 0.29) is 12.1 Å². The van der Waals surface area contributed by atoms with Crippen LogP contribution >= 0.6 is 0 Å². The lowest BCUT2D eigenvalue weighted by Crippen LogP contribution is -2.29. The standard InChI is InChI=1S/C13H18FNO4S/c1-9(2)6-7-15(3)20(18,19)12-5-4-10(13(16)17)8-11(12)14/h4-5,8-9H,6-7H2,1-3H3,(H,16,17). The van der Waals surface area contributed by atoms with Gasteiger partial charge >= 0.3 is 5.97 Å². The Labute approximate surface area is 118 Å². The molecular weight excluding hydrogens is 285 g/mol. The van der Waals surface area contributed by atoms with E-state index in [4.69, 9.17) is 5.11 Å². The summed E-state index contributed by atoms with van der Waals surface area (Å²) >= 11 is 0. The predicted octanol–water partition coefficient (Wildman–Crippen LogP) is 2.19. The van der Waals surface area contributed by atoms with E-state index in [0.717, 1.165) is 16.4 Å². The third kappa shape index (κ3) is 3.77. The van der Waals surface area contributed by atoms with Crippen molar-refractivity contribution in [2.24, 2.45) is 5.92 Å². The van der Waals surface area contributed by atoms with Crippen LogP contribution in [0.2, 0.25) is 0 Å². The van der Waals surface area contributed by atoms with Crippen molar-refractivity contribution in [2.75, 3.05) is 13.6 Å². The van der Waals surface area contributed by atoms with Crippen molar-refractivity contribution in [3.63, 3.8) is 0 Å². The fourth-order valence-electron chi connectivity index (χ4n) is 1.57. The Bertz CT molecular complexity index is 598. The van der Waals surface area contributed by atoms with Crippen LogP contribution in [0.15, 0.2) is 23.1 Å². The van der Waals surface area contributed by atoms with E-state index in [2.05, 4.69) is 0 Å². The van der Waals surface area contributed by atoms with Crippen molar-refractivity contribution in [3.05, 3.63) is 29.6 Å². The molecule has 7 heteroatoms. The van der Waals surface area contributed by atoms with Gasteiger partial charge in [0.1, 0.15) is 10.7 Å². The van der Waals surface area contributed by atoms with E-state index in [9.17, 15) is 17.6 Å². The first-order chi connectivity index (χ1) is 9.16. The van der Waals surface area contributed by atoms with Crippen LogP contribution in [0.4, 0.5) is 4.39 Å². The molecule has 1 rings (SSSR count). The highest BCUT2D eigenvalue weighted by Crippen LogP contribution is 2.20. The van der Waals surface area contributed by atoms with Gasteiger partial charge in [-0.1, -0.05) is 13.8 Å². The average Bonchev–Trinajstić information content (AvgIpc) is 2.35. The maximum Gasteiger partial charge on any atom is 0.335 e. The zero-order valence-electron chi connectivity index (χ0n) is 11.6. The number of halogens is 1. The van der Waals surface area contributed by atoms with E-state index < -0.39 is 26.7 Å². The first kappa shape index (κ1) is 16.6. The smallest absolute Gasteiger partial charge is 0.335 e. The van der Waals surface area contributed by atoms with Crippen molar-refractivity contribution in [3.8, 4) is 0 Å². The van der Waals surface area contributed by atoms with Crippen LogP contribution in [-0.4, -0.2) is 37.4 Å². The molecule has 0 bridgehead atoms. The van der Waals surface area contributed by atoms with E-state index in [0.29, 0.717) is 18.4 Å². The van der Waals surface area contributed by atoms with Gasteiger partial charge in [-0.3, -0.25) is 0 Å². The molecule has 5 nitrogen and oxygen atoms in total. The van der Waals surface area contributed by atoms with Gasteiger partial charge in [0, 0.05) is 13.6 Å². The Morgan fingerprint density at radius 2 is 2.00 bits per heavy atom. The molecule has 0 aliphatic carbocycles. The molecule has 1 N–H and O–H groups in total. The second-order valence-corrected chi connectivity index (χ2v) is 6.97. The van der Waals surface area contributed by atoms with Gasteiger partial charge in [0.2, 0.25) is 10.0 Å². The Morgan fingerprint density at radius 3 is 2.45 bits per heavy atom. The van der Waals surface area contributed by atoms with Gasteiger partial charge in [-0.15, -0.1) is 0 Å². The van der Waals surface area contributed by atoms with Gasteiger partial charge in [-0.25, -0.2) is 21.9 Å². The SMILES string of the molecule is CC(C)CCN(C)S(=O)(=O)c1ccc(C(=O)O)cc1F. The summed E-state index contributed by atoms with van der Waals surface area (Å²) in [5.41, 5.74) is -0.286. The minimum atomic E-state index is -3.94. The van der Waals surface area contributed by atoms with E-state index in [1.165, 1.54) is 7.05 Å². The number of hydrogen-bond donors (Lipinski definition) is 1. The number of nitrogens with zero attached hydrogens (tertiary/aromatic N) is 1. The molecule has 0 heterocycles. The van der Waals surface area contributed by atoms with Gasteiger partial charge in [-0.2, -0.15) is 0 Å². The second-order valence-electron chi connectivity index (χ2n) is 4.96. The summed E-state index contributed by atoms with van der Waals surface area (Å²) in [6.45, 7) is 4.20. The molecule has 0 aliphatic heterocycles. The first-order valence-corrected chi connectivity index (χ1v) is 7.59. The highest BCUT2D eigenvalue weighted by Gasteiger charge is 2.25. The van der Waals surface area contributed by atoms with Gasteiger partial charge in [0.15, 0.2) is 0 Å². The number of sulfonamides is 1. The van der Waals surface area contributed by atoms with Crippen molar-refractivity contribution < 1.29 is 22.7 Å². The minimum Gasteiger partial charge on any atom is -0.478 e. The van der Waals surface area contributed by atoms with Crippen LogP contribution in [0.5, 0.6) is 0 Å². The minimum absolute atomic E-state index is 0.278. The van der Waals surface area contributed by atoms with E-state index in [1.807, 2.05) is 13.8 Å². The number of carboxylic acids is 1. The number of aromatic carboxylic acids is 1. The van der Waals surface area contributed by atoms with Crippen LogP contribution in [0.1, 0.15) is 30.6 Å². The van der Waals surface area contributed by atoms with Gasteiger partial charge in [-0.05, 0) is 30.5 Å². The molecule has 0 amide bonds. The maximum atomic E-state index is 13.8. The quantitative estimate of drug-likeness (QED) is 0.874. The summed E-state index contributed by atoms with van der Waals surface area (Å²) in [4.78, 5) is 10.2. The first-order valence-electron chi connectivity index (χ1n) is 6.15. The lowest BCUT2D eigenvalue weighted by atomic mass is 10.1. The molecule has 0 unspecified atom stereocenters. The predicted molar refractivity (Wildman–Crippen MR) is 72.6 cm³/mol. The maximum absolute atomic E-state index is 13.8. The Hall–Kier alpha value is -1.47. The zero-order chi connectivity index (χ0) is 15.5. The third-order valence-corrected chi connectivity index (χ3v) is 4.78. The van der Waals surface area contributed by atoms with Crippen molar-refractivity contribution in [2.45, 2.75) is 25.2 Å². The van der Waals surface area contributed by atoms with E-state index in [1.54, 1.807) is 0 Å². The normalized spacial score (nSPS) is 12.1. The van der Waals surface area contributed by atoms with Gasteiger partial charge in [0.05, 0.1) is 5.56 Å². The summed E-state index contributed by atoms with van der Waals surface area (Å²) in [6.07, 6.45) is 0.657. The molecule has 0 saturated heterocycles. The number of hydrogen-bond acceptors (Lipinski definition) is 3. The Kier molecular flexibility index (Phi) is 5.24. The fraction of sp³-hybridized carbons (Fsp3) is 0.462. The lowest BCUT2D eigenvalue weighted by Gasteiger charge is -2.18. The zero-order valence-corrected chi connectivity index (χ0v) is 12.4. The molecule has 0 atom stereocenters. The van der Waals surface area contributed by atoms with E-state index >= 15 is 0 Å². The molecule has 1 aromatic carbocycles. The van der Waals surface area contributed by atoms with Crippen molar-refractivity contribution >= 4 is 16.0 Å². The monoisotopic (exact) mass is 303 g/mol. The Morgan fingerprint density at radius 1 is 1.40 bits per heavy atom. The number of rotatable bonds is 6. The molecule has 0 aromatic heterocycles. The van der Waals surface area contributed by atoms with Crippen molar-refractivity contribution in [1.29, 1.82) is 0 Å². The molecular formula is C13H18FNO4S. The summed E-state index contributed by atoms with van der Waals surface area (Å²) in [7, 11) is -2.57. The third-order valence-electron chi connectivity index (χ3n) is 2.89. The molecule has 0 spiro atoms. The van der Waals surface area contributed by atoms with Crippen LogP contribution in [0.3, 0.4) is 0 Å². The topological polar surface area (TPSA) is 74.7 Å².